The monoisotopic (exact) mass is 695 g/mol. The summed E-state index contributed by atoms with van der Waals surface area (Å²) in [6.07, 6.45) is -3.92. The predicted molar refractivity (Wildman–Crippen MR) is 159 cm³/mol. The third kappa shape index (κ3) is 7.50. The first-order valence-electron chi connectivity index (χ1n) is 15.1. The summed E-state index contributed by atoms with van der Waals surface area (Å²) in [6, 6.07) is 14.3. The van der Waals surface area contributed by atoms with Gasteiger partial charge in [0.25, 0.3) is 0 Å². The molecular weight excluding hydrogens is 667 g/mol. The molecule has 0 unspecified atom stereocenters. The lowest BCUT2D eigenvalue weighted by Crippen LogP contribution is -2.45. The second-order valence-corrected chi connectivity index (χ2v) is 11.5. The zero-order valence-corrected chi connectivity index (χ0v) is 25.6. The molecule has 2 aliphatic heterocycles. The molecule has 0 N–H and O–H groups in total. The number of rotatable bonds is 10. The number of fused-ring (bicyclic) bond motifs is 1. The van der Waals surface area contributed by atoms with E-state index in [0.29, 0.717) is 25.3 Å². The van der Waals surface area contributed by atoms with Crippen molar-refractivity contribution >= 4 is 11.5 Å². The molecule has 2 aliphatic rings. The Bertz CT molecular complexity index is 1780. The first-order chi connectivity index (χ1) is 23.4. The largest absolute Gasteiger partial charge is 0.490 e. The summed E-state index contributed by atoms with van der Waals surface area (Å²) in [5.74, 6) is -8.88. The predicted octanol–water partition coefficient (Wildman–Crippen LogP) is 6.50. The smallest absolute Gasteiger partial charge is 0.422 e. The third-order valence-corrected chi connectivity index (χ3v) is 8.24. The molecule has 0 saturated carbocycles. The van der Waals surface area contributed by atoms with Gasteiger partial charge in [-0.15, -0.1) is 0 Å². The van der Waals surface area contributed by atoms with E-state index in [-0.39, 0.29) is 30.3 Å². The van der Waals surface area contributed by atoms with Crippen molar-refractivity contribution in [1.29, 1.82) is 0 Å². The number of piperazine rings is 1. The van der Waals surface area contributed by atoms with Crippen LogP contribution in [0.2, 0.25) is 0 Å². The van der Waals surface area contributed by atoms with Crippen LogP contribution in [-0.2, 0) is 25.9 Å². The number of aryl methyl sites for hydroxylation is 1. The van der Waals surface area contributed by atoms with Crippen LogP contribution in [0, 0.1) is 33.4 Å². The lowest BCUT2D eigenvalue weighted by Gasteiger charge is -2.36. The van der Waals surface area contributed by atoms with E-state index in [0.717, 1.165) is 37.4 Å². The standard InChI is InChI=1S/C32H28F7N5O5/c33-27-24(28(34)30(36)26(29(27)35)32(37,38)39)18-48-21-5-1-19(2-6-21)15-41-11-13-42(14-12-41)20-3-7-22(8-4-20)47-17-23-9-10-43-16-25(44(45)46)40-31(43)49-23/h1-8,16,23H,9-15,17-18H2/t23-/m1/s1. The molecule has 49 heavy (non-hydrogen) atoms. The fraction of sp³-hybridized carbons (Fsp3) is 0.344. The van der Waals surface area contributed by atoms with E-state index in [2.05, 4.69) is 14.8 Å². The molecule has 1 aromatic heterocycles. The van der Waals surface area contributed by atoms with Crippen molar-refractivity contribution < 1.29 is 49.9 Å². The second-order valence-electron chi connectivity index (χ2n) is 11.5. The van der Waals surface area contributed by atoms with Crippen LogP contribution in [0.15, 0.2) is 54.7 Å². The number of ether oxygens (including phenoxy) is 3. The highest BCUT2D eigenvalue weighted by atomic mass is 19.4. The average molecular weight is 696 g/mol. The van der Waals surface area contributed by atoms with E-state index >= 15 is 0 Å². The van der Waals surface area contributed by atoms with Gasteiger partial charge in [-0.1, -0.05) is 12.1 Å². The molecule has 0 amide bonds. The number of nitrogens with zero attached hydrogens (tertiary/aromatic N) is 5. The van der Waals surface area contributed by atoms with Crippen LogP contribution in [0.5, 0.6) is 17.5 Å². The molecular formula is C32H28F7N5O5. The normalized spacial score (nSPS) is 16.6. The molecule has 260 valence electrons. The van der Waals surface area contributed by atoms with Gasteiger partial charge in [0.2, 0.25) is 0 Å². The molecule has 10 nitrogen and oxygen atoms in total. The SMILES string of the molecule is O=[N+]([O-])c1cn2c(n1)O[C@@H](COc1ccc(N3CCN(Cc4ccc(OCc5c(F)c(F)c(C(F)(F)F)c(F)c5F)cc4)CC3)cc1)CC2. The zero-order valence-electron chi connectivity index (χ0n) is 25.6. The zero-order chi connectivity index (χ0) is 34.9. The summed E-state index contributed by atoms with van der Waals surface area (Å²) in [6.45, 7) is 3.41. The van der Waals surface area contributed by atoms with Gasteiger partial charge in [-0.2, -0.15) is 13.2 Å². The van der Waals surface area contributed by atoms with Gasteiger partial charge in [0, 0.05) is 56.4 Å². The lowest BCUT2D eigenvalue weighted by molar-refractivity contribution is -0.389. The summed E-state index contributed by atoms with van der Waals surface area (Å²) >= 11 is 0. The molecule has 6 rings (SSSR count). The van der Waals surface area contributed by atoms with Crippen molar-refractivity contribution in [3.8, 4) is 17.5 Å². The summed E-state index contributed by atoms with van der Waals surface area (Å²) < 4.78 is 113. The van der Waals surface area contributed by atoms with Crippen LogP contribution in [0.1, 0.15) is 23.1 Å². The number of imidazole rings is 1. The number of anilines is 1. The average Bonchev–Trinajstić information content (AvgIpc) is 3.51. The Hall–Kier alpha value is -5.06. The minimum Gasteiger partial charge on any atom is -0.490 e. The first-order valence-corrected chi connectivity index (χ1v) is 15.1. The summed E-state index contributed by atoms with van der Waals surface area (Å²) in [7, 11) is 0. The van der Waals surface area contributed by atoms with E-state index in [9.17, 15) is 40.8 Å². The van der Waals surface area contributed by atoms with E-state index < -0.39 is 52.1 Å². The Kier molecular flexibility index (Phi) is 9.54. The van der Waals surface area contributed by atoms with E-state index in [1.165, 1.54) is 18.3 Å². The second kappa shape index (κ2) is 13.8. The summed E-state index contributed by atoms with van der Waals surface area (Å²) in [5.41, 5.74) is -1.99. The molecule has 1 atom stereocenters. The molecule has 17 heteroatoms. The van der Waals surface area contributed by atoms with Gasteiger partial charge < -0.3 is 29.2 Å². The topological polar surface area (TPSA) is 95.1 Å². The number of hydrogen-bond acceptors (Lipinski definition) is 8. The number of benzene rings is 3. The molecule has 0 aliphatic carbocycles. The number of nitro groups is 1. The summed E-state index contributed by atoms with van der Waals surface area (Å²) in [4.78, 5) is 18.7. The van der Waals surface area contributed by atoms with Crippen LogP contribution in [-0.4, -0.2) is 58.3 Å². The Morgan fingerprint density at radius 2 is 1.47 bits per heavy atom. The molecule has 3 heterocycles. The first kappa shape index (κ1) is 33.8. The molecule has 1 saturated heterocycles. The molecule has 0 bridgehead atoms. The molecule has 0 radical (unpaired) electrons. The Morgan fingerprint density at radius 3 is 2.08 bits per heavy atom. The minimum atomic E-state index is -5.61. The van der Waals surface area contributed by atoms with Crippen molar-refractivity contribution in [2.45, 2.75) is 38.4 Å². The van der Waals surface area contributed by atoms with Crippen LogP contribution in [0.3, 0.4) is 0 Å². The Balaban J connectivity index is 0.949. The maximum absolute atomic E-state index is 14.2. The quantitative estimate of drug-likeness (QED) is 0.0804. The van der Waals surface area contributed by atoms with Gasteiger partial charge in [0.05, 0.1) is 5.56 Å². The van der Waals surface area contributed by atoms with E-state index in [1.807, 2.05) is 24.3 Å². The van der Waals surface area contributed by atoms with Gasteiger partial charge in [-0.25, -0.2) is 17.6 Å². The number of aromatic nitrogens is 2. The fourth-order valence-electron chi connectivity index (χ4n) is 5.60. The van der Waals surface area contributed by atoms with Crippen molar-refractivity contribution in [2.24, 2.45) is 0 Å². The molecule has 0 spiro atoms. The van der Waals surface area contributed by atoms with E-state index in [1.54, 1.807) is 16.7 Å². The van der Waals surface area contributed by atoms with Gasteiger partial charge in [-0.3, -0.25) is 9.47 Å². The molecule has 3 aromatic carbocycles. The third-order valence-electron chi connectivity index (χ3n) is 8.24. The maximum Gasteiger partial charge on any atom is 0.422 e. The van der Waals surface area contributed by atoms with E-state index in [4.69, 9.17) is 14.2 Å². The highest BCUT2D eigenvalue weighted by Gasteiger charge is 2.42. The Morgan fingerprint density at radius 1 is 0.857 bits per heavy atom. The lowest BCUT2D eigenvalue weighted by atomic mass is 10.1. The van der Waals surface area contributed by atoms with Crippen LogP contribution < -0.4 is 19.1 Å². The molecule has 4 aromatic rings. The van der Waals surface area contributed by atoms with Crippen LogP contribution in [0.4, 0.5) is 42.2 Å². The Labute approximate surface area is 274 Å². The van der Waals surface area contributed by atoms with Crippen LogP contribution in [0.25, 0.3) is 0 Å². The maximum atomic E-state index is 14.2. The number of alkyl halides is 3. The number of halogens is 7. The van der Waals surface area contributed by atoms with Gasteiger partial charge in [0.1, 0.15) is 42.6 Å². The van der Waals surface area contributed by atoms with Crippen molar-refractivity contribution in [3.63, 3.8) is 0 Å². The van der Waals surface area contributed by atoms with Gasteiger partial charge >= 0.3 is 18.0 Å². The highest BCUT2D eigenvalue weighted by Crippen LogP contribution is 2.37. The van der Waals surface area contributed by atoms with Crippen molar-refractivity contribution in [1.82, 2.24) is 14.5 Å². The van der Waals surface area contributed by atoms with Crippen LogP contribution >= 0.6 is 0 Å². The number of hydrogen-bond donors (Lipinski definition) is 0. The fourth-order valence-corrected chi connectivity index (χ4v) is 5.60. The summed E-state index contributed by atoms with van der Waals surface area (Å²) in [5, 5.41) is 10.9. The minimum absolute atomic E-state index is 0.102. The van der Waals surface area contributed by atoms with Crippen molar-refractivity contribution in [2.75, 3.05) is 37.7 Å². The van der Waals surface area contributed by atoms with Gasteiger partial charge in [-0.05, 0) is 46.9 Å². The highest BCUT2D eigenvalue weighted by molar-refractivity contribution is 5.49. The van der Waals surface area contributed by atoms with Gasteiger partial charge in [0.15, 0.2) is 23.3 Å². The van der Waals surface area contributed by atoms with Crippen molar-refractivity contribution in [3.05, 3.63) is 105 Å². The molecule has 1 fully saturated rings.